The highest BCUT2D eigenvalue weighted by atomic mass is 19.4. The molecule has 0 unspecified atom stereocenters. The average molecular weight is 216 g/mol. The van der Waals surface area contributed by atoms with Crippen molar-refractivity contribution in [2.45, 2.75) is 12.6 Å². The summed E-state index contributed by atoms with van der Waals surface area (Å²) in [6, 6.07) is 6.27. The molecule has 0 saturated heterocycles. The molecule has 1 aromatic rings. The van der Waals surface area contributed by atoms with Crippen molar-refractivity contribution in [3.63, 3.8) is 0 Å². The van der Waals surface area contributed by atoms with Crippen molar-refractivity contribution in [2.24, 2.45) is 0 Å². The van der Waals surface area contributed by atoms with Crippen LogP contribution in [-0.2, 0) is 12.6 Å². The standard InChI is InChI=1S/C11H13F3N/c1-15(2)7-6-9-4-3-5-10(8-9)11(12,13)14/h4-5,8H,6-7H2,1-2H3. The van der Waals surface area contributed by atoms with Crippen LogP contribution in [0.5, 0.6) is 0 Å². The average Bonchev–Trinajstić information content (AvgIpc) is 2.14. The summed E-state index contributed by atoms with van der Waals surface area (Å²) in [6.07, 6.45) is -3.67. The van der Waals surface area contributed by atoms with Gasteiger partial charge in [0.2, 0.25) is 0 Å². The van der Waals surface area contributed by atoms with Crippen molar-refractivity contribution < 1.29 is 13.2 Å². The van der Waals surface area contributed by atoms with Crippen LogP contribution in [0, 0.1) is 6.07 Å². The molecular formula is C11H13F3N. The SMILES string of the molecule is CN(C)CCc1c[c]cc(C(F)(F)F)c1. The topological polar surface area (TPSA) is 3.24 Å². The molecule has 0 aliphatic carbocycles. The molecule has 1 aromatic carbocycles. The molecule has 0 N–H and O–H groups in total. The molecule has 0 atom stereocenters. The number of rotatable bonds is 3. The second kappa shape index (κ2) is 4.66. The maximum atomic E-state index is 12.3. The highest BCUT2D eigenvalue weighted by Crippen LogP contribution is 2.29. The predicted octanol–water partition coefficient (Wildman–Crippen LogP) is 2.61. The lowest BCUT2D eigenvalue weighted by Crippen LogP contribution is -2.15. The first-order chi connectivity index (χ1) is 6.89. The van der Waals surface area contributed by atoms with E-state index in [0.29, 0.717) is 12.0 Å². The van der Waals surface area contributed by atoms with E-state index in [1.807, 2.05) is 19.0 Å². The Bertz CT molecular complexity index is 318. The molecule has 0 aliphatic rings. The van der Waals surface area contributed by atoms with Crippen molar-refractivity contribution in [2.75, 3.05) is 20.6 Å². The lowest BCUT2D eigenvalue weighted by Gasteiger charge is -2.11. The molecule has 4 heteroatoms. The largest absolute Gasteiger partial charge is 0.416 e. The van der Waals surface area contributed by atoms with Crippen LogP contribution < -0.4 is 0 Å². The van der Waals surface area contributed by atoms with E-state index in [4.69, 9.17) is 0 Å². The molecular weight excluding hydrogens is 203 g/mol. The van der Waals surface area contributed by atoms with Crippen LogP contribution in [-0.4, -0.2) is 25.5 Å². The fraction of sp³-hybridized carbons (Fsp3) is 0.455. The molecule has 1 radical (unpaired) electrons. The lowest BCUT2D eigenvalue weighted by atomic mass is 10.1. The van der Waals surface area contributed by atoms with E-state index in [1.54, 1.807) is 6.07 Å². The van der Waals surface area contributed by atoms with Crippen LogP contribution >= 0.6 is 0 Å². The van der Waals surface area contributed by atoms with Gasteiger partial charge in [-0.15, -0.1) is 0 Å². The third kappa shape index (κ3) is 3.91. The molecule has 0 amide bonds. The minimum atomic E-state index is -4.27. The number of alkyl halides is 3. The Morgan fingerprint density at radius 3 is 2.47 bits per heavy atom. The van der Waals surface area contributed by atoms with E-state index >= 15 is 0 Å². The van der Waals surface area contributed by atoms with E-state index in [9.17, 15) is 13.2 Å². The number of nitrogens with zero attached hydrogens (tertiary/aromatic N) is 1. The van der Waals surface area contributed by atoms with Gasteiger partial charge in [-0.3, -0.25) is 0 Å². The summed E-state index contributed by atoms with van der Waals surface area (Å²) in [7, 11) is 3.77. The van der Waals surface area contributed by atoms with Gasteiger partial charge in [-0.05, 0) is 44.3 Å². The lowest BCUT2D eigenvalue weighted by molar-refractivity contribution is -0.137. The van der Waals surface area contributed by atoms with Crippen molar-refractivity contribution in [1.29, 1.82) is 0 Å². The Morgan fingerprint density at radius 1 is 1.27 bits per heavy atom. The summed E-state index contributed by atoms with van der Waals surface area (Å²) in [5.74, 6) is 0. The monoisotopic (exact) mass is 216 g/mol. The first-order valence-corrected chi connectivity index (χ1v) is 4.61. The van der Waals surface area contributed by atoms with Crippen LogP contribution in [0.1, 0.15) is 11.1 Å². The second-order valence-corrected chi connectivity index (χ2v) is 3.68. The predicted molar refractivity (Wildman–Crippen MR) is 52.5 cm³/mol. The minimum Gasteiger partial charge on any atom is -0.309 e. The molecule has 0 spiro atoms. The van der Waals surface area contributed by atoms with Gasteiger partial charge in [0.25, 0.3) is 0 Å². The Labute approximate surface area is 87.5 Å². The van der Waals surface area contributed by atoms with E-state index in [-0.39, 0.29) is 0 Å². The smallest absolute Gasteiger partial charge is 0.309 e. The van der Waals surface area contributed by atoms with Crippen LogP contribution in [0.25, 0.3) is 0 Å². The van der Waals surface area contributed by atoms with Gasteiger partial charge < -0.3 is 4.90 Å². The van der Waals surface area contributed by atoms with E-state index in [1.165, 1.54) is 6.07 Å². The van der Waals surface area contributed by atoms with Crippen LogP contribution in [0.15, 0.2) is 18.2 Å². The third-order valence-corrected chi connectivity index (χ3v) is 2.02. The molecule has 0 heterocycles. The van der Waals surface area contributed by atoms with Gasteiger partial charge in [0.05, 0.1) is 5.56 Å². The summed E-state index contributed by atoms with van der Waals surface area (Å²) < 4.78 is 37.0. The van der Waals surface area contributed by atoms with Crippen LogP contribution in [0.3, 0.4) is 0 Å². The first-order valence-electron chi connectivity index (χ1n) is 4.61. The summed E-state index contributed by atoms with van der Waals surface area (Å²) in [6.45, 7) is 0.731. The van der Waals surface area contributed by atoms with Crippen molar-refractivity contribution in [1.82, 2.24) is 4.90 Å². The molecule has 15 heavy (non-hydrogen) atoms. The first kappa shape index (κ1) is 12.0. The highest BCUT2D eigenvalue weighted by Gasteiger charge is 2.30. The fourth-order valence-corrected chi connectivity index (χ4v) is 1.18. The van der Waals surface area contributed by atoms with Gasteiger partial charge in [-0.25, -0.2) is 0 Å². The quantitative estimate of drug-likeness (QED) is 0.750. The number of likely N-dealkylation sites (N-methyl/N-ethyl adjacent to an activating group) is 1. The highest BCUT2D eigenvalue weighted by molar-refractivity contribution is 5.25. The Kier molecular flexibility index (Phi) is 3.74. The van der Waals surface area contributed by atoms with Crippen LogP contribution in [0.4, 0.5) is 13.2 Å². The van der Waals surface area contributed by atoms with E-state index in [2.05, 4.69) is 6.07 Å². The van der Waals surface area contributed by atoms with Gasteiger partial charge in [0.15, 0.2) is 0 Å². The van der Waals surface area contributed by atoms with Gasteiger partial charge in [-0.1, -0.05) is 6.07 Å². The molecule has 0 saturated carbocycles. The maximum absolute atomic E-state index is 12.3. The summed E-state index contributed by atoms with van der Waals surface area (Å²) in [4.78, 5) is 1.93. The normalized spacial score (nSPS) is 12.1. The summed E-state index contributed by atoms with van der Waals surface area (Å²) in [5.41, 5.74) is 0.0391. The molecule has 1 nitrogen and oxygen atoms in total. The molecule has 83 valence electrons. The van der Waals surface area contributed by atoms with Gasteiger partial charge in [0.1, 0.15) is 0 Å². The zero-order valence-corrected chi connectivity index (χ0v) is 8.73. The van der Waals surface area contributed by atoms with E-state index in [0.717, 1.165) is 12.6 Å². The molecule has 0 bridgehead atoms. The third-order valence-electron chi connectivity index (χ3n) is 2.02. The number of hydrogen-bond donors (Lipinski definition) is 0. The Hall–Kier alpha value is -1.03. The van der Waals surface area contributed by atoms with Gasteiger partial charge >= 0.3 is 6.18 Å². The van der Waals surface area contributed by atoms with Gasteiger partial charge in [0, 0.05) is 6.54 Å². The number of benzene rings is 1. The second-order valence-electron chi connectivity index (χ2n) is 3.68. The minimum absolute atomic E-state index is 0.605. The number of hydrogen-bond acceptors (Lipinski definition) is 1. The maximum Gasteiger partial charge on any atom is 0.416 e. The Morgan fingerprint density at radius 2 is 1.93 bits per heavy atom. The Balaban J connectivity index is 2.75. The molecule has 1 rings (SSSR count). The zero-order valence-electron chi connectivity index (χ0n) is 8.73. The summed E-state index contributed by atoms with van der Waals surface area (Å²) >= 11 is 0. The van der Waals surface area contributed by atoms with Crippen molar-refractivity contribution >= 4 is 0 Å². The molecule has 0 fully saturated rings. The molecule has 0 aromatic heterocycles. The zero-order chi connectivity index (χ0) is 11.5. The molecule has 0 aliphatic heterocycles. The fourth-order valence-electron chi connectivity index (χ4n) is 1.18. The van der Waals surface area contributed by atoms with Gasteiger partial charge in [-0.2, -0.15) is 13.2 Å². The van der Waals surface area contributed by atoms with Crippen LogP contribution in [0.2, 0.25) is 0 Å². The summed E-state index contributed by atoms with van der Waals surface area (Å²) in [5, 5.41) is 0. The van der Waals surface area contributed by atoms with Crippen molar-refractivity contribution in [3.8, 4) is 0 Å². The van der Waals surface area contributed by atoms with E-state index < -0.39 is 11.7 Å². The number of halogens is 3. The van der Waals surface area contributed by atoms with Crippen molar-refractivity contribution in [3.05, 3.63) is 35.4 Å².